The third kappa shape index (κ3) is 7.13. The molecule has 10 heteroatoms. The summed E-state index contributed by atoms with van der Waals surface area (Å²) in [6.07, 6.45) is -3.69. The highest BCUT2D eigenvalue weighted by Gasteiger charge is 2.30. The van der Waals surface area contributed by atoms with Gasteiger partial charge < -0.3 is 14.6 Å². The van der Waals surface area contributed by atoms with Crippen molar-refractivity contribution in [2.24, 2.45) is 0 Å². The molecule has 0 aliphatic rings. The van der Waals surface area contributed by atoms with E-state index in [1.807, 2.05) is 34.9 Å². The number of nitrogens with zero attached hydrogens (tertiary/aromatic N) is 3. The minimum Gasteiger partial charge on any atom is -0.497 e. The number of rotatable bonds is 10. The van der Waals surface area contributed by atoms with Crippen LogP contribution in [0.2, 0.25) is 0 Å². The molecule has 0 spiro atoms. The first-order valence-corrected chi connectivity index (χ1v) is 12.5. The Kier molecular flexibility index (Phi) is 8.50. The van der Waals surface area contributed by atoms with E-state index in [1.165, 1.54) is 17.8 Å². The molecule has 6 nitrogen and oxygen atoms in total. The number of aromatic nitrogens is 3. The number of aryl methyl sites for hydroxylation is 1. The molecular weight excluding hydrogens is 501 g/mol. The molecule has 1 heterocycles. The van der Waals surface area contributed by atoms with Gasteiger partial charge in [-0.2, -0.15) is 13.2 Å². The summed E-state index contributed by atoms with van der Waals surface area (Å²) >= 11 is 1.31. The second-order valence-electron chi connectivity index (χ2n) is 8.18. The van der Waals surface area contributed by atoms with Crippen LogP contribution in [0.15, 0.2) is 84.0 Å². The second kappa shape index (κ2) is 12.0. The number of thioether (sulfide) groups is 1. The van der Waals surface area contributed by atoms with Gasteiger partial charge in [-0.3, -0.25) is 4.79 Å². The van der Waals surface area contributed by atoms with Gasteiger partial charge in [0.2, 0.25) is 0 Å². The van der Waals surface area contributed by atoms with Gasteiger partial charge in [-0.05, 0) is 47.9 Å². The summed E-state index contributed by atoms with van der Waals surface area (Å²) in [5.74, 6) is 1.24. The fraction of sp³-hybridized carbons (Fsp3) is 0.222. The first-order valence-electron chi connectivity index (χ1n) is 11.5. The van der Waals surface area contributed by atoms with Crippen LogP contribution >= 0.6 is 11.8 Å². The zero-order valence-electron chi connectivity index (χ0n) is 20.0. The molecule has 0 unspecified atom stereocenters. The van der Waals surface area contributed by atoms with E-state index in [0.29, 0.717) is 46.6 Å². The van der Waals surface area contributed by atoms with Crippen molar-refractivity contribution in [1.29, 1.82) is 0 Å². The van der Waals surface area contributed by atoms with Crippen LogP contribution in [0.5, 0.6) is 5.75 Å². The Morgan fingerprint density at radius 3 is 2.41 bits per heavy atom. The molecule has 1 N–H and O–H groups in total. The van der Waals surface area contributed by atoms with Crippen LogP contribution in [-0.2, 0) is 31.4 Å². The van der Waals surface area contributed by atoms with E-state index in [0.717, 1.165) is 17.7 Å². The van der Waals surface area contributed by atoms with Crippen LogP contribution < -0.4 is 10.1 Å². The average molecular weight is 527 g/mol. The van der Waals surface area contributed by atoms with E-state index in [-0.39, 0.29) is 12.5 Å². The molecule has 0 fully saturated rings. The molecule has 37 heavy (non-hydrogen) atoms. The predicted octanol–water partition coefficient (Wildman–Crippen LogP) is 5.77. The van der Waals surface area contributed by atoms with Gasteiger partial charge in [0.1, 0.15) is 5.75 Å². The molecule has 0 atom stereocenters. The Morgan fingerprint density at radius 2 is 1.70 bits per heavy atom. The quantitative estimate of drug-likeness (QED) is 0.266. The van der Waals surface area contributed by atoms with Crippen LogP contribution in [0.3, 0.4) is 0 Å². The number of methoxy groups -OCH3 is 1. The van der Waals surface area contributed by atoms with E-state index in [9.17, 15) is 18.0 Å². The van der Waals surface area contributed by atoms with E-state index in [2.05, 4.69) is 15.5 Å². The van der Waals surface area contributed by atoms with Gasteiger partial charge in [-0.15, -0.1) is 10.2 Å². The smallest absolute Gasteiger partial charge is 0.416 e. The largest absolute Gasteiger partial charge is 0.497 e. The van der Waals surface area contributed by atoms with Crippen LogP contribution in [0, 0.1) is 0 Å². The lowest BCUT2D eigenvalue weighted by Gasteiger charge is -2.12. The van der Waals surface area contributed by atoms with Crippen molar-refractivity contribution in [1.82, 2.24) is 20.1 Å². The van der Waals surface area contributed by atoms with Crippen LogP contribution in [0.4, 0.5) is 13.2 Å². The minimum absolute atomic E-state index is 0.150. The molecule has 0 aliphatic heterocycles. The number of carbonyl (C=O) groups is 1. The molecule has 0 aliphatic carbocycles. The first-order chi connectivity index (χ1) is 17.8. The van der Waals surface area contributed by atoms with Crippen molar-refractivity contribution < 1.29 is 22.7 Å². The maximum Gasteiger partial charge on any atom is 0.416 e. The van der Waals surface area contributed by atoms with E-state index in [1.54, 1.807) is 37.4 Å². The fourth-order valence-electron chi connectivity index (χ4n) is 3.66. The SMILES string of the molecule is COc1ccc(C(=O)NCc2nnc(SCc3cccc(C(F)(F)F)c3)n2CCc2ccccc2)cc1. The highest BCUT2D eigenvalue weighted by molar-refractivity contribution is 7.98. The lowest BCUT2D eigenvalue weighted by Crippen LogP contribution is -2.25. The minimum atomic E-state index is -4.40. The Bertz CT molecular complexity index is 1330. The van der Waals surface area contributed by atoms with Gasteiger partial charge in [-0.25, -0.2) is 0 Å². The molecule has 0 saturated carbocycles. The number of hydrogen-bond acceptors (Lipinski definition) is 5. The van der Waals surface area contributed by atoms with Crippen molar-refractivity contribution in [3.8, 4) is 5.75 Å². The van der Waals surface area contributed by atoms with E-state index < -0.39 is 11.7 Å². The molecule has 0 saturated heterocycles. The molecule has 3 aromatic carbocycles. The summed E-state index contributed by atoms with van der Waals surface area (Å²) in [6.45, 7) is 0.701. The number of amides is 1. The monoisotopic (exact) mass is 526 g/mol. The zero-order valence-corrected chi connectivity index (χ0v) is 20.9. The Labute approximate surface area is 216 Å². The summed E-state index contributed by atoms with van der Waals surface area (Å²) in [6, 6.07) is 21.9. The highest BCUT2D eigenvalue weighted by atomic mass is 32.2. The van der Waals surface area contributed by atoms with Crippen molar-refractivity contribution in [3.05, 3.63) is 107 Å². The summed E-state index contributed by atoms with van der Waals surface area (Å²) in [5.41, 5.74) is 1.46. The zero-order chi connectivity index (χ0) is 26.3. The molecule has 4 aromatic rings. The van der Waals surface area contributed by atoms with Crippen molar-refractivity contribution in [3.63, 3.8) is 0 Å². The lowest BCUT2D eigenvalue weighted by atomic mass is 10.1. The molecule has 0 bridgehead atoms. The number of halogens is 3. The van der Waals surface area contributed by atoms with E-state index in [4.69, 9.17) is 4.74 Å². The lowest BCUT2D eigenvalue weighted by molar-refractivity contribution is -0.137. The number of carbonyl (C=O) groups excluding carboxylic acids is 1. The number of alkyl halides is 3. The van der Waals surface area contributed by atoms with Gasteiger partial charge in [0.25, 0.3) is 5.91 Å². The van der Waals surface area contributed by atoms with Crippen molar-refractivity contribution in [2.45, 2.75) is 36.6 Å². The van der Waals surface area contributed by atoms with Gasteiger partial charge in [-0.1, -0.05) is 60.3 Å². The van der Waals surface area contributed by atoms with Gasteiger partial charge in [0, 0.05) is 17.9 Å². The number of ether oxygens (including phenoxy) is 1. The standard InChI is InChI=1S/C27H25F3N4O2S/c1-36-23-12-10-21(11-13-23)25(35)31-17-24-32-33-26(34(24)15-14-19-6-3-2-4-7-19)37-18-20-8-5-9-22(16-20)27(28,29)30/h2-13,16H,14-15,17-18H2,1H3,(H,31,35). The van der Waals surface area contributed by atoms with Gasteiger partial charge in [0.15, 0.2) is 11.0 Å². The molecule has 0 radical (unpaired) electrons. The second-order valence-corrected chi connectivity index (χ2v) is 9.13. The highest BCUT2D eigenvalue weighted by Crippen LogP contribution is 2.31. The summed E-state index contributed by atoms with van der Waals surface area (Å²) in [7, 11) is 1.56. The molecule has 4 rings (SSSR count). The fourth-order valence-corrected chi connectivity index (χ4v) is 4.58. The Morgan fingerprint density at radius 1 is 0.973 bits per heavy atom. The van der Waals surface area contributed by atoms with Crippen molar-refractivity contribution in [2.75, 3.05) is 7.11 Å². The summed E-state index contributed by atoms with van der Waals surface area (Å²) in [5, 5.41) is 12.0. The first kappa shape index (κ1) is 26.3. The Balaban J connectivity index is 1.48. The topological polar surface area (TPSA) is 69.0 Å². The van der Waals surface area contributed by atoms with Gasteiger partial charge in [0.05, 0.1) is 19.2 Å². The molecule has 1 aromatic heterocycles. The maximum absolute atomic E-state index is 13.1. The van der Waals surface area contributed by atoms with Crippen LogP contribution in [0.1, 0.15) is 32.9 Å². The summed E-state index contributed by atoms with van der Waals surface area (Å²) in [4.78, 5) is 12.6. The Hall–Kier alpha value is -3.79. The molecule has 192 valence electrons. The average Bonchev–Trinajstić information content (AvgIpc) is 3.31. The van der Waals surface area contributed by atoms with Crippen molar-refractivity contribution >= 4 is 17.7 Å². The van der Waals surface area contributed by atoms with Crippen LogP contribution in [-0.4, -0.2) is 27.8 Å². The number of benzene rings is 3. The van der Waals surface area contributed by atoms with Crippen LogP contribution in [0.25, 0.3) is 0 Å². The third-order valence-corrected chi connectivity index (χ3v) is 6.68. The predicted molar refractivity (Wildman–Crippen MR) is 135 cm³/mol. The maximum atomic E-state index is 13.1. The molecular formula is C27H25F3N4O2S. The normalized spacial score (nSPS) is 11.4. The van der Waals surface area contributed by atoms with E-state index >= 15 is 0 Å². The third-order valence-electron chi connectivity index (χ3n) is 5.64. The number of hydrogen-bond donors (Lipinski definition) is 1. The van der Waals surface area contributed by atoms with Gasteiger partial charge >= 0.3 is 6.18 Å². The number of nitrogens with one attached hydrogen (secondary N) is 1. The molecule has 1 amide bonds. The summed E-state index contributed by atoms with van der Waals surface area (Å²) < 4.78 is 46.3.